The molecule has 7 aromatic carbocycles. The van der Waals surface area contributed by atoms with Gasteiger partial charge >= 0.3 is 0 Å². The summed E-state index contributed by atoms with van der Waals surface area (Å²) < 4.78 is 13.4. The summed E-state index contributed by atoms with van der Waals surface area (Å²) in [4.78, 5) is 0. The lowest BCUT2D eigenvalue weighted by molar-refractivity contribution is 0.658. The maximum atomic E-state index is 6.69. The third kappa shape index (κ3) is 2.88. The highest BCUT2D eigenvalue weighted by Gasteiger charge is 2.25. The first kappa shape index (κ1) is 21.6. The van der Waals surface area contributed by atoms with E-state index in [1.165, 1.54) is 32.7 Å². The molecule has 0 aliphatic carbocycles. The minimum absolute atomic E-state index is 0.857. The van der Waals surface area contributed by atoms with E-state index in [9.17, 15) is 0 Å². The van der Waals surface area contributed by atoms with Crippen LogP contribution in [-0.4, -0.2) is 0 Å². The van der Waals surface area contributed by atoms with E-state index in [1.54, 1.807) is 0 Å². The van der Waals surface area contributed by atoms with Gasteiger partial charge in [-0.25, -0.2) is 0 Å². The van der Waals surface area contributed by atoms with Crippen molar-refractivity contribution in [1.29, 1.82) is 0 Å². The fourth-order valence-electron chi connectivity index (χ4n) is 6.58. The molecule has 2 heterocycles. The van der Waals surface area contributed by atoms with Crippen LogP contribution in [0.3, 0.4) is 0 Å². The quantitative estimate of drug-likeness (QED) is 0.216. The van der Waals surface area contributed by atoms with Gasteiger partial charge in [0.25, 0.3) is 0 Å². The van der Waals surface area contributed by atoms with Crippen LogP contribution >= 0.6 is 0 Å². The molecule has 0 atom stereocenters. The minimum Gasteiger partial charge on any atom is -0.455 e. The van der Waals surface area contributed by atoms with Gasteiger partial charge in [0, 0.05) is 27.1 Å². The molecule has 0 aliphatic rings. The molecule has 0 N–H and O–H groups in total. The van der Waals surface area contributed by atoms with Crippen LogP contribution in [0, 0.1) is 0 Å². The lowest BCUT2D eigenvalue weighted by Gasteiger charge is -2.18. The number of hydrogen-bond donors (Lipinski definition) is 0. The summed E-state index contributed by atoms with van der Waals surface area (Å²) in [5, 5.41) is 9.19. The predicted octanol–water partition coefficient (Wildman–Crippen LogP) is 11.1. The zero-order valence-corrected chi connectivity index (χ0v) is 21.5. The largest absolute Gasteiger partial charge is 0.455 e. The maximum Gasteiger partial charge on any atom is 0.147 e. The van der Waals surface area contributed by atoms with Gasteiger partial charge in [-0.3, -0.25) is 0 Å². The van der Waals surface area contributed by atoms with Crippen LogP contribution < -0.4 is 0 Å². The van der Waals surface area contributed by atoms with Crippen LogP contribution in [-0.2, 0) is 0 Å². The Morgan fingerprint density at radius 2 is 0.700 bits per heavy atom. The second-order valence-electron chi connectivity index (χ2n) is 10.4. The van der Waals surface area contributed by atoms with Crippen molar-refractivity contribution in [2.45, 2.75) is 0 Å². The summed E-state index contributed by atoms with van der Waals surface area (Å²) in [5.41, 5.74) is 8.07. The van der Waals surface area contributed by atoms with Crippen LogP contribution in [0.2, 0.25) is 0 Å². The third-order valence-electron chi connectivity index (χ3n) is 8.25. The van der Waals surface area contributed by atoms with Crippen molar-refractivity contribution in [1.82, 2.24) is 0 Å². The number of fused-ring (bicyclic) bond motifs is 8. The Hall–Kier alpha value is -5.34. The first-order valence-corrected chi connectivity index (χ1v) is 13.6. The van der Waals surface area contributed by atoms with Gasteiger partial charge < -0.3 is 8.83 Å². The highest BCUT2D eigenvalue weighted by atomic mass is 16.3. The van der Waals surface area contributed by atoms with Crippen molar-refractivity contribution >= 4 is 65.4 Å². The molecule has 2 heteroatoms. The van der Waals surface area contributed by atoms with Gasteiger partial charge in [-0.05, 0) is 50.9 Å². The van der Waals surface area contributed by atoms with E-state index >= 15 is 0 Å². The van der Waals surface area contributed by atoms with Gasteiger partial charge in [-0.1, -0.05) is 115 Å². The Labute approximate surface area is 229 Å². The summed E-state index contributed by atoms with van der Waals surface area (Å²) in [7, 11) is 0. The number of benzene rings is 7. The zero-order chi connectivity index (χ0) is 26.2. The SMILES string of the molecule is c1ccc(-c2c3ccccc3c(-c3c4oc5ccccc5c4cc4c3oc3ccccc34)c3ccccc23)cc1. The van der Waals surface area contributed by atoms with Crippen LogP contribution in [0.5, 0.6) is 0 Å². The van der Waals surface area contributed by atoms with Crippen molar-refractivity contribution in [3.63, 3.8) is 0 Å². The smallest absolute Gasteiger partial charge is 0.147 e. The van der Waals surface area contributed by atoms with Crippen LogP contribution in [0.15, 0.2) is 142 Å². The Bertz CT molecular complexity index is 2280. The van der Waals surface area contributed by atoms with E-state index in [0.717, 1.165) is 55.0 Å². The van der Waals surface area contributed by atoms with E-state index < -0.39 is 0 Å². The number of furan rings is 2. The molecule has 9 aromatic rings. The first-order chi connectivity index (χ1) is 19.9. The molecule has 0 saturated heterocycles. The van der Waals surface area contributed by atoms with Crippen molar-refractivity contribution in [2.24, 2.45) is 0 Å². The van der Waals surface area contributed by atoms with Crippen LogP contribution in [0.25, 0.3) is 87.7 Å². The Morgan fingerprint density at radius 3 is 1.20 bits per heavy atom. The minimum atomic E-state index is 0.857. The molecule has 0 radical (unpaired) electrons. The summed E-state index contributed by atoms with van der Waals surface area (Å²) in [6.45, 7) is 0. The van der Waals surface area contributed by atoms with E-state index in [-0.39, 0.29) is 0 Å². The van der Waals surface area contributed by atoms with Crippen LogP contribution in [0.4, 0.5) is 0 Å². The van der Waals surface area contributed by atoms with E-state index in [4.69, 9.17) is 8.83 Å². The van der Waals surface area contributed by atoms with Gasteiger partial charge in [0.2, 0.25) is 0 Å². The molecule has 0 spiro atoms. The van der Waals surface area contributed by atoms with Gasteiger partial charge in [0.05, 0.1) is 5.56 Å². The van der Waals surface area contributed by atoms with E-state index in [1.807, 2.05) is 24.3 Å². The maximum absolute atomic E-state index is 6.69. The summed E-state index contributed by atoms with van der Waals surface area (Å²) in [5.74, 6) is 0. The molecule has 186 valence electrons. The molecule has 0 unspecified atom stereocenters. The number of para-hydroxylation sites is 2. The average molecular weight is 511 g/mol. The first-order valence-electron chi connectivity index (χ1n) is 13.6. The molecule has 2 nitrogen and oxygen atoms in total. The normalized spacial score (nSPS) is 12.0. The topological polar surface area (TPSA) is 26.3 Å². The van der Waals surface area contributed by atoms with E-state index in [0.29, 0.717) is 0 Å². The molecule has 2 aromatic heterocycles. The van der Waals surface area contributed by atoms with Crippen molar-refractivity contribution in [3.05, 3.63) is 133 Å². The third-order valence-corrected chi connectivity index (χ3v) is 8.25. The van der Waals surface area contributed by atoms with Gasteiger partial charge in [-0.2, -0.15) is 0 Å². The van der Waals surface area contributed by atoms with Gasteiger partial charge in [-0.15, -0.1) is 0 Å². The molecule has 9 rings (SSSR count). The van der Waals surface area contributed by atoms with Crippen molar-refractivity contribution in [3.8, 4) is 22.3 Å². The summed E-state index contributed by atoms with van der Waals surface area (Å²) in [6.07, 6.45) is 0. The number of hydrogen-bond acceptors (Lipinski definition) is 2. The van der Waals surface area contributed by atoms with Gasteiger partial charge in [0.1, 0.15) is 22.3 Å². The second kappa shape index (κ2) is 8.08. The molecule has 0 saturated carbocycles. The molecular formula is C38H22O2. The summed E-state index contributed by atoms with van der Waals surface area (Å²) >= 11 is 0. The number of rotatable bonds is 2. The molecule has 0 bridgehead atoms. The van der Waals surface area contributed by atoms with Crippen molar-refractivity contribution in [2.75, 3.05) is 0 Å². The molecule has 40 heavy (non-hydrogen) atoms. The zero-order valence-electron chi connectivity index (χ0n) is 21.5. The second-order valence-corrected chi connectivity index (χ2v) is 10.4. The van der Waals surface area contributed by atoms with Gasteiger partial charge in [0.15, 0.2) is 0 Å². The fraction of sp³-hybridized carbons (Fsp3) is 0. The molecule has 0 aliphatic heterocycles. The predicted molar refractivity (Wildman–Crippen MR) is 167 cm³/mol. The van der Waals surface area contributed by atoms with E-state index in [2.05, 4.69) is 109 Å². The monoisotopic (exact) mass is 510 g/mol. The van der Waals surface area contributed by atoms with Crippen molar-refractivity contribution < 1.29 is 8.83 Å². The molecule has 0 amide bonds. The molecular weight excluding hydrogens is 488 g/mol. The van der Waals surface area contributed by atoms with Crippen LogP contribution in [0.1, 0.15) is 0 Å². The Kier molecular flexibility index (Phi) is 4.36. The Balaban J connectivity index is 1.57. The fourth-order valence-corrected chi connectivity index (χ4v) is 6.58. The lowest BCUT2D eigenvalue weighted by Crippen LogP contribution is -1.91. The standard InChI is InChI=1S/C38H22O2/c1-2-12-23(13-3-1)34-26-16-4-6-18-28(26)35(29-19-7-5-17-27(29)34)36-37-30(24-14-8-10-20-32(24)39-37)22-31-25-15-9-11-21-33(25)40-38(31)36/h1-22H. The average Bonchev–Trinajstić information content (AvgIpc) is 3.58. The summed E-state index contributed by atoms with van der Waals surface area (Å²) in [6, 6.07) is 47.0. The Morgan fingerprint density at radius 1 is 0.300 bits per heavy atom. The highest BCUT2D eigenvalue weighted by molar-refractivity contribution is 6.29. The highest BCUT2D eigenvalue weighted by Crippen LogP contribution is 2.50. The lowest BCUT2D eigenvalue weighted by atomic mass is 9.85. The molecule has 0 fully saturated rings.